The lowest BCUT2D eigenvalue weighted by Crippen LogP contribution is -1.99. The molecule has 0 aliphatic carbocycles. The van der Waals surface area contributed by atoms with Gasteiger partial charge in [-0.1, -0.05) is 41.9 Å². The van der Waals surface area contributed by atoms with Crippen molar-refractivity contribution in [1.29, 1.82) is 0 Å². The summed E-state index contributed by atoms with van der Waals surface area (Å²) in [5.74, 6) is 0. The topological polar surface area (TPSA) is 30.7 Å². The molecule has 0 radical (unpaired) electrons. The van der Waals surface area contributed by atoms with Crippen LogP contribution in [0.15, 0.2) is 48.8 Å². The summed E-state index contributed by atoms with van der Waals surface area (Å²) >= 11 is 6.01. The van der Waals surface area contributed by atoms with Gasteiger partial charge in [0.1, 0.15) is 5.15 Å². The Bertz CT molecular complexity index is 646. The number of rotatable bonds is 2. The Kier molecular flexibility index (Phi) is 2.53. The van der Waals surface area contributed by atoms with Gasteiger partial charge in [0.2, 0.25) is 0 Å². The van der Waals surface area contributed by atoms with Crippen LogP contribution in [0.25, 0.3) is 10.9 Å². The van der Waals surface area contributed by atoms with E-state index in [4.69, 9.17) is 11.6 Å². The van der Waals surface area contributed by atoms with Crippen molar-refractivity contribution in [1.82, 2.24) is 14.8 Å². The molecule has 2 aromatic heterocycles. The molecule has 0 saturated heterocycles. The minimum absolute atomic E-state index is 0.502. The smallest absolute Gasteiger partial charge is 0.139 e. The summed E-state index contributed by atoms with van der Waals surface area (Å²) in [7, 11) is 0. The van der Waals surface area contributed by atoms with Gasteiger partial charge in [0.15, 0.2) is 0 Å². The van der Waals surface area contributed by atoms with E-state index in [1.165, 1.54) is 5.56 Å². The van der Waals surface area contributed by atoms with Crippen LogP contribution < -0.4 is 0 Å². The minimum Gasteiger partial charge on any atom is -0.267 e. The Hall–Kier alpha value is -1.87. The van der Waals surface area contributed by atoms with Crippen LogP contribution in [0.4, 0.5) is 0 Å². The molecule has 0 fully saturated rings. The van der Waals surface area contributed by atoms with Crippen LogP contribution in [0, 0.1) is 0 Å². The molecule has 1 aromatic carbocycles. The summed E-state index contributed by atoms with van der Waals surface area (Å²) < 4.78 is 1.88. The molecule has 0 aliphatic rings. The van der Waals surface area contributed by atoms with E-state index >= 15 is 0 Å². The van der Waals surface area contributed by atoms with Gasteiger partial charge in [-0.25, -0.2) is 4.98 Å². The van der Waals surface area contributed by atoms with Crippen molar-refractivity contribution in [2.75, 3.05) is 0 Å². The molecule has 84 valence electrons. The average Bonchev–Trinajstić information content (AvgIpc) is 2.74. The van der Waals surface area contributed by atoms with Crippen LogP contribution >= 0.6 is 11.6 Å². The van der Waals surface area contributed by atoms with Gasteiger partial charge in [-0.3, -0.25) is 4.68 Å². The predicted octanol–water partition coefficient (Wildman–Crippen LogP) is 3.13. The fourth-order valence-electron chi connectivity index (χ4n) is 1.81. The zero-order chi connectivity index (χ0) is 11.7. The number of fused-ring (bicyclic) bond motifs is 1. The molecule has 17 heavy (non-hydrogen) atoms. The maximum Gasteiger partial charge on any atom is 0.139 e. The fourth-order valence-corrected chi connectivity index (χ4v) is 2.01. The SMILES string of the molecule is Clc1nccc2nn(Cc3ccccc3)cc12. The first-order valence-electron chi connectivity index (χ1n) is 5.34. The summed E-state index contributed by atoms with van der Waals surface area (Å²) in [6.07, 6.45) is 3.60. The number of halogens is 1. The molecule has 0 atom stereocenters. The predicted molar refractivity (Wildman–Crippen MR) is 68.1 cm³/mol. The molecule has 2 heterocycles. The quantitative estimate of drug-likeness (QED) is 0.648. The van der Waals surface area contributed by atoms with E-state index in [1.807, 2.05) is 35.1 Å². The molecule has 0 bridgehead atoms. The zero-order valence-corrected chi connectivity index (χ0v) is 9.80. The number of pyridine rings is 1. The molecular formula is C13H10ClN3. The monoisotopic (exact) mass is 243 g/mol. The van der Waals surface area contributed by atoms with E-state index < -0.39 is 0 Å². The lowest BCUT2D eigenvalue weighted by molar-refractivity contribution is 0.696. The Morgan fingerprint density at radius 3 is 2.71 bits per heavy atom. The summed E-state index contributed by atoms with van der Waals surface area (Å²) in [6, 6.07) is 12.1. The highest BCUT2D eigenvalue weighted by atomic mass is 35.5. The minimum atomic E-state index is 0.502. The van der Waals surface area contributed by atoms with Crippen molar-refractivity contribution in [2.45, 2.75) is 6.54 Å². The van der Waals surface area contributed by atoms with Crippen molar-refractivity contribution in [2.24, 2.45) is 0 Å². The second-order valence-corrected chi connectivity index (χ2v) is 4.20. The molecule has 0 saturated carbocycles. The maximum absolute atomic E-state index is 6.01. The highest BCUT2D eigenvalue weighted by molar-refractivity contribution is 6.34. The summed E-state index contributed by atoms with van der Waals surface area (Å²) in [6.45, 7) is 0.742. The first-order valence-corrected chi connectivity index (χ1v) is 5.72. The summed E-state index contributed by atoms with van der Waals surface area (Å²) in [4.78, 5) is 4.04. The Morgan fingerprint density at radius 1 is 1.12 bits per heavy atom. The van der Waals surface area contributed by atoms with Gasteiger partial charge < -0.3 is 0 Å². The standard InChI is InChI=1S/C13H10ClN3/c14-13-11-9-17(16-12(11)6-7-15-13)8-10-4-2-1-3-5-10/h1-7,9H,8H2. The third kappa shape index (κ3) is 2.01. The number of nitrogens with zero attached hydrogens (tertiary/aromatic N) is 3. The lowest BCUT2D eigenvalue weighted by atomic mass is 10.2. The van der Waals surface area contributed by atoms with Gasteiger partial charge in [-0.2, -0.15) is 5.10 Å². The molecule has 0 amide bonds. The molecule has 3 rings (SSSR count). The van der Waals surface area contributed by atoms with Gasteiger partial charge in [-0.05, 0) is 11.6 Å². The first-order chi connectivity index (χ1) is 8.33. The number of aromatic nitrogens is 3. The van der Waals surface area contributed by atoms with Gasteiger partial charge in [0.25, 0.3) is 0 Å². The molecule has 0 N–H and O–H groups in total. The number of benzene rings is 1. The van der Waals surface area contributed by atoms with E-state index in [2.05, 4.69) is 22.2 Å². The highest BCUT2D eigenvalue weighted by Gasteiger charge is 2.05. The van der Waals surface area contributed by atoms with E-state index in [0.717, 1.165) is 17.4 Å². The first kappa shape index (κ1) is 10.3. The molecule has 0 unspecified atom stereocenters. The normalized spacial score (nSPS) is 10.9. The highest BCUT2D eigenvalue weighted by Crippen LogP contribution is 2.19. The van der Waals surface area contributed by atoms with Crippen LogP contribution in [0.2, 0.25) is 5.15 Å². The van der Waals surface area contributed by atoms with Crippen molar-refractivity contribution < 1.29 is 0 Å². The van der Waals surface area contributed by atoms with Crippen molar-refractivity contribution in [3.05, 3.63) is 59.5 Å². The van der Waals surface area contributed by atoms with Crippen LogP contribution in [-0.2, 0) is 6.54 Å². The van der Waals surface area contributed by atoms with E-state index in [1.54, 1.807) is 6.20 Å². The third-order valence-electron chi connectivity index (χ3n) is 2.62. The molecule has 0 spiro atoms. The largest absolute Gasteiger partial charge is 0.267 e. The summed E-state index contributed by atoms with van der Waals surface area (Å²) in [5.41, 5.74) is 2.09. The maximum atomic E-state index is 6.01. The second-order valence-electron chi connectivity index (χ2n) is 3.85. The van der Waals surface area contributed by atoms with E-state index in [-0.39, 0.29) is 0 Å². The Labute approximate surface area is 104 Å². The van der Waals surface area contributed by atoms with Crippen LogP contribution in [-0.4, -0.2) is 14.8 Å². The number of hydrogen-bond donors (Lipinski definition) is 0. The van der Waals surface area contributed by atoms with Gasteiger partial charge in [0, 0.05) is 12.4 Å². The Morgan fingerprint density at radius 2 is 1.94 bits per heavy atom. The molecule has 4 heteroatoms. The fraction of sp³-hybridized carbons (Fsp3) is 0.0769. The van der Waals surface area contributed by atoms with Crippen LogP contribution in [0.5, 0.6) is 0 Å². The van der Waals surface area contributed by atoms with Gasteiger partial charge >= 0.3 is 0 Å². The van der Waals surface area contributed by atoms with E-state index in [0.29, 0.717) is 5.15 Å². The summed E-state index contributed by atoms with van der Waals surface area (Å²) in [5, 5.41) is 5.86. The zero-order valence-electron chi connectivity index (χ0n) is 9.05. The molecule has 3 aromatic rings. The third-order valence-corrected chi connectivity index (χ3v) is 2.92. The van der Waals surface area contributed by atoms with Gasteiger partial charge in [-0.15, -0.1) is 0 Å². The Balaban J connectivity index is 1.99. The molecule has 3 nitrogen and oxygen atoms in total. The van der Waals surface area contributed by atoms with Gasteiger partial charge in [0.05, 0.1) is 17.4 Å². The molecular weight excluding hydrogens is 234 g/mol. The molecule has 0 aliphatic heterocycles. The lowest BCUT2D eigenvalue weighted by Gasteiger charge is -2.00. The van der Waals surface area contributed by atoms with Crippen molar-refractivity contribution in [3.63, 3.8) is 0 Å². The van der Waals surface area contributed by atoms with Crippen molar-refractivity contribution in [3.8, 4) is 0 Å². The van der Waals surface area contributed by atoms with E-state index in [9.17, 15) is 0 Å². The number of hydrogen-bond acceptors (Lipinski definition) is 2. The average molecular weight is 244 g/mol. The van der Waals surface area contributed by atoms with Crippen molar-refractivity contribution >= 4 is 22.5 Å². The second kappa shape index (κ2) is 4.18. The van der Waals surface area contributed by atoms with Crippen LogP contribution in [0.1, 0.15) is 5.56 Å². The van der Waals surface area contributed by atoms with Crippen LogP contribution in [0.3, 0.4) is 0 Å².